The minimum absolute atomic E-state index is 0.674. The highest BCUT2D eigenvalue weighted by Crippen LogP contribution is 2.07. The average Bonchev–Trinajstić information content (AvgIpc) is 2.29. The molecule has 0 unspecified atom stereocenters. The molecule has 0 saturated heterocycles. The van der Waals surface area contributed by atoms with E-state index >= 15 is 0 Å². The first-order valence-corrected chi connectivity index (χ1v) is 6.17. The molecule has 1 N–H and O–H groups in total. The van der Waals surface area contributed by atoms with E-state index in [1.54, 1.807) is 7.11 Å². The van der Waals surface area contributed by atoms with Gasteiger partial charge in [0.1, 0.15) is 0 Å². The highest BCUT2D eigenvalue weighted by molar-refractivity contribution is 5.50. The van der Waals surface area contributed by atoms with Gasteiger partial charge in [-0.3, -0.25) is 0 Å². The average molecular weight is 233 g/mol. The molecule has 0 aliphatic carbocycles. The highest BCUT2D eigenvalue weighted by atomic mass is 16.5. The fourth-order valence-electron chi connectivity index (χ4n) is 1.60. The number of benzene rings is 1. The summed E-state index contributed by atoms with van der Waals surface area (Å²) in [4.78, 5) is 0. The molecular weight excluding hydrogens is 210 g/mol. The summed E-state index contributed by atoms with van der Waals surface area (Å²) in [6.07, 6.45) is 4.31. The molecule has 1 rings (SSSR count). The van der Waals surface area contributed by atoms with Gasteiger partial charge in [-0.2, -0.15) is 0 Å². The molecule has 1 aromatic carbocycles. The number of nitrogens with one attached hydrogen (secondary N) is 1. The van der Waals surface area contributed by atoms with Crippen LogP contribution >= 0.6 is 0 Å². The van der Waals surface area contributed by atoms with Crippen molar-refractivity contribution >= 4 is 6.08 Å². The van der Waals surface area contributed by atoms with E-state index in [4.69, 9.17) is 4.74 Å². The molecule has 0 bridgehead atoms. The molecule has 2 nitrogen and oxygen atoms in total. The smallest absolute Gasteiger partial charge is 0.0713 e. The molecule has 0 saturated carbocycles. The maximum Gasteiger partial charge on any atom is 0.0713 e. The van der Waals surface area contributed by atoms with Gasteiger partial charge in [0.25, 0.3) is 0 Å². The fourth-order valence-corrected chi connectivity index (χ4v) is 1.60. The molecular formula is C15H23NO. The maximum absolute atomic E-state index is 5.12. The molecule has 94 valence electrons. The van der Waals surface area contributed by atoms with Gasteiger partial charge >= 0.3 is 0 Å². The van der Waals surface area contributed by atoms with Crippen molar-refractivity contribution in [3.63, 3.8) is 0 Å². The van der Waals surface area contributed by atoms with Crippen LogP contribution in [0.1, 0.15) is 25.0 Å². The van der Waals surface area contributed by atoms with Gasteiger partial charge in [0.05, 0.1) is 6.61 Å². The standard InChI is InChI=1S/C15H23NO/c1-13(2)11-16-9-5-8-14-6-4-7-15(10-14)12-17-3/h4-8,10,13,16H,9,11-12H2,1-3H3. The molecule has 0 atom stereocenters. The van der Waals surface area contributed by atoms with Crippen molar-refractivity contribution in [3.8, 4) is 0 Å². The first-order chi connectivity index (χ1) is 8.22. The largest absolute Gasteiger partial charge is 0.380 e. The summed E-state index contributed by atoms with van der Waals surface area (Å²) in [7, 11) is 1.72. The number of rotatable bonds is 7. The van der Waals surface area contributed by atoms with E-state index < -0.39 is 0 Å². The van der Waals surface area contributed by atoms with Crippen molar-refractivity contribution in [2.75, 3.05) is 20.2 Å². The normalized spacial score (nSPS) is 11.5. The van der Waals surface area contributed by atoms with E-state index in [2.05, 4.69) is 55.6 Å². The molecule has 2 heteroatoms. The number of methoxy groups -OCH3 is 1. The third-order valence-corrected chi connectivity index (χ3v) is 2.39. The fraction of sp³-hybridized carbons (Fsp3) is 0.467. The summed E-state index contributed by atoms with van der Waals surface area (Å²) < 4.78 is 5.12. The topological polar surface area (TPSA) is 21.3 Å². The van der Waals surface area contributed by atoms with Crippen LogP contribution in [-0.4, -0.2) is 20.2 Å². The molecule has 0 radical (unpaired) electrons. The number of ether oxygens (including phenoxy) is 1. The van der Waals surface area contributed by atoms with Crippen molar-refractivity contribution < 1.29 is 4.74 Å². The van der Waals surface area contributed by atoms with E-state index in [0.29, 0.717) is 12.5 Å². The Balaban J connectivity index is 2.39. The Labute approximate surface area is 105 Å². The van der Waals surface area contributed by atoms with Crippen LogP contribution in [0.3, 0.4) is 0 Å². The summed E-state index contributed by atoms with van der Waals surface area (Å²) >= 11 is 0. The van der Waals surface area contributed by atoms with Crippen LogP contribution < -0.4 is 5.32 Å². The van der Waals surface area contributed by atoms with E-state index in [1.165, 1.54) is 11.1 Å². The molecule has 0 heterocycles. The van der Waals surface area contributed by atoms with Gasteiger partial charge in [-0.05, 0) is 29.7 Å². The number of hydrogen-bond donors (Lipinski definition) is 1. The Morgan fingerprint density at radius 3 is 2.88 bits per heavy atom. The van der Waals surface area contributed by atoms with E-state index in [0.717, 1.165) is 13.1 Å². The van der Waals surface area contributed by atoms with Gasteiger partial charge < -0.3 is 10.1 Å². The second kappa shape index (κ2) is 8.04. The predicted octanol–water partition coefficient (Wildman–Crippen LogP) is 3.09. The second-order valence-corrected chi connectivity index (χ2v) is 4.63. The van der Waals surface area contributed by atoms with Crippen molar-refractivity contribution in [2.24, 2.45) is 5.92 Å². The van der Waals surface area contributed by atoms with Crippen LogP contribution in [0.25, 0.3) is 6.08 Å². The third-order valence-electron chi connectivity index (χ3n) is 2.39. The van der Waals surface area contributed by atoms with Crippen LogP contribution in [-0.2, 0) is 11.3 Å². The Bertz CT molecular complexity index is 345. The predicted molar refractivity (Wildman–Crippen MR) is 73.9 cm³/mol. The molecule has 0 aliphatic rings. The molecule has 0 aliphatic heterocycles. The summed E-state index contributed by atoms with van der Waals surface area (Å²) in [5.41, 5.74) is 2.44. The summed E-state index contributed by atoms with van der Waals surface area (Å²) in [6.45, 7) is 7.09. The highest BCUT2D eigenvalue weighted by Gasteiger charge is 1.93. The molecule has 0 spiro atoms. The minimum Gasteiger partial charge on any atom is -0.380 e. The zero-order valence-electron chi connectivity index (χ0n) is 11.1. The lowest BCUT2D eigenvalue weighted by molar-refractivity contribution is 0.185. The van der Waals surface area contributed by atoms with E-state index in [9.17, 15) is 0 Å². The van der Waals surface area contributed by atoms with Gasteiger partial charge in [0.15, 0.2) is 0 Å². The van der Waals surface area contributed by atoms with Crippen LogP contribution in [0, 0.1) is 5.92 Å². The van der Waals surface area contributed by atoms with Gasteiger partial charge in [0, 0.05) is 13.7 Å². The number of hydrogen-bond acceptors (Lipinski definition) is 2. The lowest BCUT2D eigenvalue weighted by Crippen LogP contribution is -2.19. The molecule has 1 aromatic rings. The lowest BCUT2D eigenvalue weighted by atomic mass is 10.1. The molecule has 0 amide bonds. The van der Waals surface area contributed by atoms with Crippen LogP contribution in [0.5, 0.6) is 0 Å². The zero-order chi connectivity index (χ0) is 12.5. The monoisotopic (exact) mass is 233 g/mol. The van der Waals surface area contributed by atoms with Crippen LogP contribution in [0.15, 0.2) is 30.3 Å². The van der Waals surface area contributed by atoms with Crippen molar-refractivity contribution in [3.05, 3.63) is 41.5 Å². The molecule has 0 fully saturated rings. The Kier molecular flexibility index (Phi) is 6.60. The third kappa shape index (κ3) is 6.25. The first-order valence-electron chi connectivity index (χ1n) is 6.17. The van der Waals surface area contributed by atoms with Crippen molar-refractivity contribution in [1.29, 1.82) is 0 Å². The minimum atomic E-state index is 0.674. The first kappa shape index (κ1) is 13.9. The lowest BCUT2D eigenvalue weighted by Gasteiger charge is -2.04. The maximum atomic E-state index is 5.12. The SMILES string of the molecule is COCc1cccc(C=CCNCC(C)C)c1. The molecule has 17 heavy (non-hydrogen) atoms. The van der Waals surface area contributed by atoms with Crippen molar-refractivity contribution in [2.45, 2.75) is 20.5 Å². The second-order valence-electron chi connectivity index (χ2n) is 4.63. The van der Waals surface area contributed by atoms with Gasteiger partial charge in [-0.1, -0.05) is 44.2 Å². The Morgan fingerprint density at radius 1 is 1.35 bits per heavy atom. The Hall–Kier alpha value is -1.12. The van der Waals surface area contributed by atoms with Crippen molar-refractivity contribution in [1.82, 2.24) is 5.32 Å². The van der Waals surface area contributed by atoms with Gasteiger partial charge in [-0.25, -0.2) is 0 Å². The molecule has 0 aromatic heterocycles. The Morgan fingerprint density at radius 2 is 2.18 bits per heavy atom. The summed E-state index contributed by atoms with van der Waals surface area (Å²) in [5.74, 6) is 0.702. The zero-order valence-corrected chi connectivity index (χ0v) is 11.1. The van der Waals surface area contributed by atoms with Gasteiger partial charge in [0.2, 0.25) is 0 Å². The summed E-state index contributed by atoms with van der Waals surface area (Å²) in [6, 6.07) is 8.41. The van der Waals surface area contributed by atoms with E-state index in [-0.39, 0.29) is 0 Å². The van der Waals surface area contributed by atoms with Gasteiger partial charge in [-0.15, -0.1) is 0 Å². The van der Waals surface area contributed by atoms with Crippen LogP contribution in [0.4, 0.5) is 0 Å². The summed E-state index contributed by atoms with van der Waals surface area (Å²) in [5, 5.41) is 3.38. The van der Waals surface area contributed by atoms with Crippen LogP contribution in [0.2, 0.25) is 0 Å². The quantitative estimate of drug-likeness (QED) is 0.731. The van der Waals surface area contributed by atoms with E-state index in [1.807, 2.05) is 0 Å².